The molecule has 0 amide bonds. The molecule has 1 aromatic carbocycles. The molecule has 0 saturated carbocycles. The fourth-order valence-electron chi connectivity index (χ4n) is 1.65. The SMILES string of the molecule is CCCN(CC)c1ccc(C(=N)N)cc1F. The fraction of sp³-hybridized carbons (Fsp3) is 0.417. The first-order valence-electron chi connectivity index (χ1n) is 5.49. The lowest BCUT2D eigenvalue weighted by molar-refractivity contribution is 0.616. The van der Waals surface area contributed by atoms with Gasteiger partial charge in [-0.1, -0.05) is 6.92 Å². The minimum absolute atomic E-state index is 0.107. The highest BCUT2D eigenvalue weighted by molar-refractivity contribution is 5.95. The molecule has 0 fully saturated rings. The maximum absolute atomic E-state index is 13.8. The Hall–Kier alpha value is -1.58. The number of hydrogen-bond acceptors (Lipinski definition) is 2. The lowest BCUT2D eigenvalue weighted by Crippen LogP contribution is -2.24. The number of nitrogens with zero attached hydrogens (tertiary/aromatic N) is 1. The van der Waals surface area contributed by atoms with Crippen LogP contribution in [-0.2, 0) is 0 Å². The van der Waals surface area contributed by atoms with Gasteiger partial charge in [-0.25, -0.2) is 4.39 Å². The van der Waals surface area contributed by atoms with Gasteiger partial charge >= 0.3 is 0 Å². The average Bonchev–Trinajstić information content (AvgIpc) is 2.26. The van der Waals surface area contributed by atoms with Gasteiger partial charge in [-0.3, -0.25) is 5.41 Å². The van der Waals surface area contributed by atoms with E-state index in [1.807, 2.05) is 11.8 Å². The van der Waals surface area contributed by atoms with Crippen molar-refractivity contribution in [3.63, 3.8) is 0 Å². The van der Waals surface area contributed by atoms with Gasteiger partial charge in [0.15, 0.2) is 0 Å². The maximum atomic E-state index is 13.8. The molecule has 0 aromatic heterocycles. The van der Waals surface area contributed by atoms with Crippen molar-refractivity contribution in [3.8, 4) is 0 Å². The van der Waals surface area contributed by atoms with Crippen LogP contribution in [0.2, 0.25) is 0 Å². The second-order valence-electron chi connectivity index (χ2n) is 3.66. The summed E-state index contributed by atoms with van der Waals surface area (Å²) >= 11 is 0. The zero-order valence-electron chi connectivity index (χ0n) is 9.76. The monoisotopic (exact) mass is 223 g/mol. The van der Waals surface area contributed by atoms with E-state index in [2.05, 4.69) is 6.92 Å². The molecule has 3 nitrogen and oxygen atoms in total. The van der Waals surface area contributed by atoms with Crippen LogP contribution >= 0.6 is 0 Å². The third kappa shape index (κ3) is 2.72. The van der Waals surface area contributed by atoms with Crippen LogP contribution in [0, 0.1) is 11.2 Å². The molecule has 88 valence electrons. The first kappa shape index (κ1) is 12.5. The van der Waals surface area contributed by atoms with Crippen molar-refractivity contribution in [2.75, 3.05) is 18.0 Å². The van der Waals surface area contributed by atoms with Crippen molar-refractivity contribution in [2.24, 2.45) is 5.73 Å². The lowest BCUT2D eigenvalue weighted by Gasteiger charge is -2.23. The van der Waals surface area contributed by atoms with Crippen molar-refractivity contribution < 1.29 is 4.39 Å². The third-order valence-corrected chi connectivity index (χ3v) is 2.47. The van der Waals surface area contributed by atoms with Crippen molar-refractivity contribution in [1.82, 2.24) is 0 Å². The van der Waals surface area contributed by atoms with Crippen LogP contribution in [-0.4, -0.2) is 18.9 Å². The normalized spacial score (nSPS) is 10.2. The molecule has 0 atom stereocenters. The summed E-state index contributed by atoms with van der Waals surface area (Å²) in [4.78, 5) is 1.97. The van der Waals surface area contributed by atoms with E-state index in [1.54, 1.807) is 12.1 Å². The lowest BCUT2D eigenvalue weighted by atomic mass is 10.1. The standard InChI is InChI=1S/C12H18FN3/c1-3-7-16(4-2)11-6-5-9(12(14)15)8-10(11)13/h5-6,8H,3-4,7H2,1-2H3,(H3,14,15). The Morgan fingerprint density at radius 1 is 1.44 bits per heavy atom. The summed E-state index contributed by atoms with van der Waals surface area (Å²) in [7, 11) is 0. The summed E-state index contributed by atoms with van der Waals surface area (Å²) < 4.78 is 13.8. The van der Waals surface area contributed by atoms with E-state index in [9.17, 15) is 4.39 Å². The minimum Gasteiger partial charge on any atom is -0.384 e. The smallest absolute Gasteiger partial charge is 0.147 e. The Morgan fingerprint density at radius 2 is 2.12 bits per heavy atom. The molecule has 0 aliphatic carbocycles. The first-order chi connectivity index (χ1) is 7.60. The Kier molecular flexibility index (Phi) is 4.28. The molecule has 0 heterocycles. The van der Waals surface area contributed by atoms with Crippen LogP contribution in [0.5, 0.6) is 0 Å². The number of rotatable bonds is 5. The molecule has 0 bridgehead atoms. The van der Waals surface area contributed by atoms with Crippen LogP contribution in [0.3, 0.4) is 0 Å². The summed E-state index contributed by atoms with van der Waals surface area (Å²) in [5, 5.41) is 7.23. The summed E-state index contributed by atoms with van der Waals surface area (Å²) in [5.74, 6) is -0.424. The molecular weight excluding hydrogens is 205 g/mol. The Labute approximate surface area is 95.6 Å². The number of nitrogens with two attached hydrogens (primary N) is 1. The van der Waals surface area contributed by atoms with Crippen LogP contribution in [0.15, 0.2) is 18.2 Å². The van der Waals surface area contributed by atoms with E-state index in [1.165, 1.54) is 6.07 Å². The first-order valence-corrected chi connectivity index (χ1v) is 5.49. The number of benzene rings is 1. The molecule has 0 radical (unpaired) electrons. The maximum Gasteiger partial charge on any atom is 0.147 e. The molecule has 16 heavy (non-hydrogen) atoms. The largest absolute Gasteiger partial charge is 0.384 e. The number of nitrogen functional groups attached to an aromatic ring is 1. The molecule has 0 aliphatic rings. The quantitative estimate of drug-likeness (QED) is 0.594. The van der Waals surface area contributed by atoms with E-state index in [4.69, 9.17) is 11.1 Å². The van der Waals surface area contributed by atoms with Gasteiger partial charge in [-0.05, 0) is 31.5 Å². The summed E-state index contributed by atoms with van der Waals surface area (Å²) in [6.45, 7) is 5.65. The topological polar surface area (TPSA) is 53.1 Å². The molecule has 0 aliphatic heterocycles. The highest BCUT2D eigenvalue weighted by atomic mass is 19.1. The molecule has 4 heteroatoms. The minimum atomic E-state index is -0.317. The summed E-state index contributed by atoms with van der Waals surface area (Å²) in [6.07, 6.45) is 0.974. The molecule has 0 saturated heterocycles. The molecule has 0 spiro atoms. The third-order valence-electron chi connectivity index (χ3n) is 2.47. The van der Waals surface area contributed by atoms with Crippen LogP contribution < -0.4 is 10.6 Å². The van der Waals surface area contributed by atoms with Crippen molar-refractivity contribution >= 4 is 11.5 Å². The van der Waals surface area contributed by atoms with Crippen LogP contribution in [0.25, 0.3) is 0 Å². The van der Waals surface area contributed by atoms with E-state index in [-0.39, 0.29) is 11.7 Å². The summed E-state index contributed by atoms with van der Waals surface area (Å²) in [6, 6.07) is 4.68. The van der Waals surface area contributed by atoms with E-state index in [0.717, 1.165) is 19.5 Å². The van der Waals surface area contributed by atoms with Gasteiger partial charge in [-0.2, -0.15) is 0 Å². The second kappa shape index (κ2) is 5.49. The van der Waals surface area contributed by atoms with Crippen molar-refractivity contribution in [1.29, 1.82) is 5.41 Å². The Morgan fingerprint density at radius 3 is 2.56 bits per heavy atom. The van der Waals surface area contributed by atoms with Gasteiger partial charge in [0.25, 0.3) is 0 Å². The van der Waals surface area contributed by atoms with Gasteiger partial charge in [0, 0.05) is 18.7 Å². The van der Waals surface area contributed by atoms with Gasteiger partial charge < -0.3 is 10.6 Å². The molecule has 1 rings (SSSR count). The Bertz CT molecular complexity index is 377. The second-order valence-corrected chi connectivity index (χ2v) is 3.66. The molecule has 3 N–H and O–H groups in total. The number of hydrogen-bond donors (Lipinski definition) is 2. The number of halogens is 1. The van der Waals surface area contributed by atoms with Gasteiger partial charge in [0.1, 0.15) is 11.7 Å². The zero-order valence-corrected chi connectivity index (χ0v) is 9.76. The fourth-order valence-corrected chi connectivity index (χ4v) is 1.65. The predicted octanol–water partition coefficient (Wildman–Crippen LogP) is 2.35. The highest BCUT2D eigenvalue weighted by Gasteiger charge is 2.10. The van der Waals surface area contributed by atoms with E-state index >= 15 is 0 Å². The molecule has 0 unspecified atom stereocenters. The Balaban J connectivity index is 3.01. The summed E-state index contributed by atoms with van der Waals surface area (Å²) in [5.41, 5.74) is 6.31. The average molecular weight is 223 g/mol. The zero-order chi connectivity index (χ0) is 12.1. The highest BCUT2D eigenvalue weighted by Crippen LogP contribution is 2.20. The number of nitrogens with one attached hydrogen (secondary N) is 1. The van der Waals surface area contributed by atoms with Crippen LogP contribution in [0.1, 0.15) is 25.8 Å². The predicted molar refractivity (Wildman–Crippen MR) is 65.6 cm³/mol. The van der Waals surface area contributed by atoms with Crippen LogP contribution in [0.4, 0.5) is 10.1 Å². The van der Waals surface area contributed by atoms with E-state index in [0.29, 0.717) is 11.3 Å². The van der Waals surface area contributed by atoms with Gasteiger partial charge in [0.2, 0.25) is 0 Å². The number of anilines is 1. The van der Waals surface area contributed by atoms with Crippen molar-refractivity contribution in [3.05, 3.63) is 29.6 Å². The van der Waals surface area contributed by atoms with E-state index < -0.39 is 0 Å². The molecular formula is C12H18FN3. The van der Waals surface area contributed by atoms with Gasteiger partial charge in [-0.15, -0.1) is 0 Å². The number of amidine groups is 1. The van der Waals surface area contributed by atoms with Crippen molar-refractivity contribution in [2.45, 2.75) is 20.3 Å². The van der Waals surface area contributed by atoms with Gasteiger partial charge in [0.05, 0.1) is 5.69 Å². The molecule has 1 aromatic rings.